The number of rotatable bonds is 14. The lowest BCUT2D eigenvalue weighted by Gasteiger charge is -2.50. The molecule has 3 fully saturated rings. The van der Waals surface area contributed by atoms with Crippen molar-refractivity contribution in [2.24, 2.45) is 41.4 Å². The molecule has 7 nitrogen and oxygen atoms in total. The number of benzene rings is 2. The zero-order valence-corrected chi connectivity index (χ0v) is 32.4. The molecule has 50 heavy (non-hydrogen) atoms. The number of hydrogen-bond donors (Lipinski definition) is 0. The van der Waals surface area contributed by atoms with Crippen molar-refractivity contribution in [3.05, 3.63) is 71.8 Å². The van der Waals surface area contributed by atoms with Gasteiger partial charge in [-0.15, -0.1) is 0 Å². The maximum Gasteiger partial charge on any atom is 0.184 e. The molecule has 5 rings (SSSR count). The molecule has 3 saturated heterocycles. The highest BCUT2D eigenvalue weighted by Crippen LogP contribution is 2.41. The molecule has 3 heterocycles. The van der Waals surface area contributed by atoms with Gasteiger partial charge >= 0.3 is 0 Å². The quantitative estimate of drug-likeness (QED) is 0.196. The SMILES string of the molecule is CCC1O[C@H](OC2[C@@H](OCC3O[C@H](C(C)C)C(OCc4ccccc4)[C@@H](C)[C@@H]3C)OC(CC)[C@@H](C)[C@@H]2C)C(OCc2ccccc2)[C@@H](C)[C@@H]1C. The highest BCUT2D eigenvalue weighted by Gasteiger charge is 2.49. The average molecular weight is 695 g/mol. The second-order valence-corrected chi connectivity index (χ2v) is 15.9. The maximum absolute atomic E-state index is 7.05. The van der Waals surface area contributed by atoms with Crippen molar-refractivity contribution in [3.8, 4) is 0 Å². The van der Waals surface area contributed by atoms with E-state index in [1.54, 1.807) is 0 Å². The summed E-state index contributed by atoms with van der Waals surface area (Å²) in [7, 11) is 0. The van der Waals surface area contributed by atoms with Crippen LogP contribution >= 0.6 is 0 Å². The van der Waals surface area contributed by atoms with Crippen LogP contribution < -0.4 is 0 Å². The first kappa shape index (κ1) is 39.4. The van der Waals surface area contributed by atoms with E-state index in [0.29, 0.717) is 43.5 Å². The summed E-state index contributed by atoms with van der Waals surface area (Å²) in [6.07, 6.45) is 0.266. The molecule has 0 amide bonds. The zero-order valence-electron chi connectivity index (χ0n) is 32.4. The number of hydrogen-bond acceptors (Lipinski definition) is 7. The van der Waals surface area contributed by atoms with Crippen molar-refractivity contribution in [1.29, 1.82) is 0 Å². The van der Waals surface area contributed by atoms with Crippen LogP contribution in [0.4, 0.5) is 0 Å². The van der Waals surface area contributed by atoms with Crippen molar-refractivity contribution in [3.63, 3.8) is 0 Å². The highest BCUT2D eigenvalue weighted by atomic mass is 16.7. The summed E-state index contributed by atoms with van der Waals surface area (Å²) in [5.74, 6) is 1.92. The monoisotopic (exact) mass is 694 g/mol. The van der Waals surface area contributed by atoms with Gasteiger partial charge < -0.3 is 33.2 Å². The van der Waals surface area contributed by atoms with Gasteiger partial charge in [0.05, 0.1) is 50.3 Å². The zero-order chi connectivity index (χ0) is 35.9. The van der Waals surface area contributed by atoms with Crippen LogP contribution in [0.3, 0.4) is 0 Å². The van der Waals surface area contributed by atoms with E-state index in [9.17, 15) is 0 Å². The third kappa shape index (κ3) is 9.20. The Balaban J connectivity index is 1.31. The van der Waals surface area contributed by atoms with Gasteiger partial charge in [-0.05, 0) is 65.4 Å². The molecule has 3 aliphatic heterocycles. The standard InChI is InChI=1S/C43H66O7/c1-11-35-28(6)32(10)41(50-43-40(31(9)27(5)36(12-2)49-43)45-24-34-21-17-14-18-22-34)42(48-35)46-25-37-29(7)30(8)39(38(47-37)26(3)4)44-23-33-19-15-13-16-20-33/h13-22,26-32,35-43H,11-12,23-25H2,1-10H3/t27-,28-,29-,30-,31-,32-,35?,36?,37?,38+,39?,40?,41?,42-,43+/m0/s1. The van der Waals surface area contributed by atoms with Crippen molar-refractivity contribution < 1.29 is 33.2 Å². The second-order valence-electron chi connectivity index (χ2n) is 15.9. The van der Waals surface area contributed by atoms with E-state index >= 15 is 0 Å². The van der Waals surface area contributed by atoms with E-state index in [2.05, 4.69) is 118 Å². The van der Waals surface area contributed by atoms with Crippen molar-refractivity contribution in [1.82, 2.24) is 0 Å². The normalized spacial score (nSPS) is 39.5. The summed E-state index contributed by atoms with van der Waals surface area (Å²) in [6, 6.07) is 20.7. The Morgan fingerprint density at radius 2 is 0.980 bits per heavy atom. The molecule has 0 spiro atoms. The van der Waals surface area contributed by atoms with E-state index in [0.717, 1.165) is 18.4 Å². The Kier molecular flexibility index (Phi) is 14.4. The molecule has 6 unspecified atom stereocenters. The second kappa shape index (κ2) is 18.3. The van der Waals surface area contributed by atoms with E-state index in [1.807, 2.05) is 12.1 Å². The fourth-order valence-corrected chi connectivity index (χ4v) is 8.31. The van der Waals surface area contributed by atoms with Crippen LogP contribution in [0.5, 0.6) is 0 Å². The molecule has 2 aromatic rings. The molecule has 0 aromatic heterocycles. The van der Waals surface area contributed by atoms with Gasteiger partial charge in [-0.2, -0.15) is 0 Å². The predicted molar refractivity (Wildman–Crippen MR) is 197 cm³/mol. The Morgan fingerprint density at radius 3 is 1.50 bits per heavy atom. The number of ether oxygens (including phenoxy) is 7. The minimum absolute atomic E-state index is 0.000902. The van der Waals surface area contributed by atoms with Crippen molar-refractivity contribution in [2.75, 3.05) is 6.61 Å². The van der Waals surface area contributed by atoms with Crippen LogP contribution in [0, 0.1) is 41.4 Å². The molecule has 7 heteroatoms. The van der Waals surface area contributed by atoms with E-state index in [-0.39, 0.29) is 60.5 Å². The smallest absolute Gasteiger partial charge is 0.184 e. The summed E-state index contributed by atoms with van der Waals surface area (Å²) < 4.78 is 47.4. The maximum atomic E-state index is 7.05. The molecular weight excluding hydrogens is 628 g/mol. The van der Waals surface area contributed by atoms with Gasteiger partial charge in [-0.25, -0.2) is 0 Å². The topological polar surface area (TPSA) is 64.6 Å². The van der Waals surface area contributed by atoms with Gasteiger partial charge in [0.15, 0.2) is 12.6 Å². The third-order valence-electron chi connectivity index (χ3n) is 12.4. The first-order chi connectivity index (χ1) is 24.0. The predicted octanol–water partition coefficient (Wildman–Crippen LogP) is 9.07. The van der Waals surface area contributed by atoms with Gasteiger partial charge in [0.25, 0.3) is 0 Å². The van der Waals surface area contributed by atoms with Crippen LogP contribution in [-0.4, -0.2) is 61.9 Å². The molecule has 15 atom stereocenters. The molecular formula is C43H66O7. The largest absolute Gasteiger partial charge is 0.371 e. The summed E-state index contributed by atoms with van der Waals surface area (Å²) in [6.45, 7) is 24.0. The van der Waals surface area contributed by atoms with Gasteiger partial charge in [-0.3, -0.25) is 0 Å². The molecule has 0 bridgehead atoms. The van der Waals surface area contributed by atoms with Gasteiger partial charge in [0.2, 0.25) is 0 Å². The summed E-state index contributed by atoms with van der Waals surface area (Å²) in [4.78, 5) is 0. The van der Waals surface area contributed by atoms with Crippen LogP contribution in [0.1, 0.15) is 93.2 Å². The summed E-state index contributed by atoms with van der Waals surface area (Å²) >= 11 is 0. The Hall–Kier alpha value is -1.84. The Bertz CT molecular complexity index is 1260. The van der Waals surface area contributed by atoms with Crippen LogP contribution in [0.25, 0.3) is 0 Å². The fraction of sp³-hybridized carbons (Fsp3) is 0.721. The lowest BCUT2D eigenvalue weighted by molar-refractivity contribution is -0.353. The van der Waals surface area contributed by atoms with E-state index in [4.69, 9.17) is 33.2 Å². The minimum atomic E-state index is -0.546. The lowest BCUT2D eigenvalue weighted by Crippen LogP contribution is -2.58. The van der Waals surface area contributed by atoms with Crippen LogP contribution in [-0.2, 0) is 46.4 Å². The summed E-state index contributed by atoms with van der Waals surface area (Å²) in [5, 5.41) is 0. The minimum Gasteiger partial charge on any atom is -0.371 e. The molecule has 0 radical (unpaired) electrons. The first-order valence-electron chi connectivity index (χ1n) is 19.6. The van der Waals surface area contributed by atoms with Gasteiger partial charge in [0, 0.05) is 0 Å². The van der Waals surface area contributed by atoms with E-state index in [1.165, 1.54) is 5.56 Å². The van der Waals surface area contributed by atoms with Crippen molar-refractivity contribution >= 4 is 0 Å². The van der Waals surface area contributed by atoms with Gasteiger partial charge in [-0.1, -0.05) is 130 Å². The van der Waals surface area contributed by atoms with Crippen LogP contribution in [0.15, 0.2) is 60.7 Å². The molecule has 0 aliphatic carbocycles. The highest BCUT2D eigenvalue weighted by molar-refractivity contribution is 5.14. The Morgan fingerprint density at radius 1 is 0.520 bits per heavy atom. The fourth-order valence-electron chi connectivity index (χ4n) is 8.31. The first-order valence-corrected chi connectivity index (χ1v) is 19.6. The third-order valence-corrected chi connectivity index (χ3v) is 12.4. The molecule has 2 aromatic carbocycles. The lowest BCUT2D eigenvalue weighted by atomic mass is 9.78. The average Bonchev–Trinajstić information content (AvgIpc) is 3.12. The summed E-state index contributed by atoms with van der Waals surface area (Å²) in [5.41, 5.74) is 2.32. The molecule has 280 valence electrons. The van der Waals surface area contributed by atoms with E-state index < -0.39 is 12.6 Å². The van der Waals surface area contributed by atoms with Crippen LogP contribution in [0.2, 0.25) is 0 Å². The van der Waals surface area contributed by atoms with Crippen molar-refractivity contribution in [2.45, 2.75) is 151 Å². The Labute approximate surface area is 303 Å². The molecule has 3 aliphatic rings. The molecule has 0 N–H and O–H groups in total. The molecule has 0 saturated carbocycles. The van der Waals surface area contributed by atoms with Gasteiger partial charge in [0.1, 0.15) is 12.2 Å².